The predicted molar refractivity (Wildman–Crippen MR) is 223 cm³/mol. The van der Waals surface area contributed by atoms with E-state index in [0.29, 0.717) is 0 Å². The summed E-state index contributed by atoms with van der Waals surface area (Å²) >= 11 is 1.85. The summed E-state index contributed by atoms with van der Waals surface area (Å²) in [7, 11) is 0.795. The van der Waals surface area contributed by atoms with Crippen molar-refractivity contribution in [3.05, 3.63) is 163 Å². The zero-order valence-electron chi connectivity index (χ0n) is 28.5. The van der Waals surface area contributed by atoms with Crippen LogP contribution in [0.15, 0.2) is 158 Å². The van der Waals surface area contributed by atoms with Crippen LogP contribution in [-0.2, 0) is 0 Å². The van der Waals surface area contributed by atoms with E-state index >= 15 is 0 Å². The zero-order chi connectivity index (χ0) is 34.3. The second-order valence-electron chi connectivity index (χ2n) is 13.8. The van der Waals surface area contributed by atoms with E-state index in [-0.39, 0.29) is 0 Å². The van der Waals surface area contributed by atoms with Crippen molar-refractivity contribution in [2.75, 3.05) is 10.2 Å². The fourth-order valence-electron chi connectivity index (χ4n) is 8.37. The summed E-state index contributed by atoms with van der Waals surface area (Å²) < 4.78 is 9.14. The number of fused-ring (bicyclic) bond motifs is 8. The Morgan fingerprint density at radius 1 is 0.577 bits per heavy atom. The first kappa shape index (κ1) is 29.4. The first-order chi connectivity index (χ1) is 25.7. The maximum atomic E-state index is 6.52. The third kappa shape index (κ3) is 4.46. The summed E-state index contributed by atoms with van der Waals surface area (Å²) in [6.07, 6.45) is 0. The first-order valence-corrected chi connectivity index (χ1v) is 18.6. The van der Waals surface area contributed by atoms with Crippen molar-refractivity contribution in [2.24, 2.45) is 0 Å². The highest BCUT2D eigenvalue weighted by molar-refractivity contribution is 7.25. The zero-order valence-corrected chi connectivity index (χ0v) is 29.3. The van der Waals surface area contributed by atoms with Gasteiger partial charge in [-0.1, -0.05) is 109 Å². The predicted octanol–water partition coefficient (Wildman–Crippen LogP) is 11.9. The van der Waals surface area contributed by atoms with Gasteiger partial charge in [-0.25, -0.2) is 0 Å². The van der Waals surface area contributed by atoms with Gasteiger partial charge in [0.2, 0.25) is 0 Å². The lowest BCUT2D eigenvalue weighted by Gasteiger charge is -2.39. The molecule has 11 rings (SSSR count). The molecule has 1 aromatic heterocycles. The monoisotopic (exact) mass is 682 g/mol. The van der Waals surface area contributed by atoms with Gasteiger partial charge in [0.05, 0.1) is 17.1 Å². The van der Waals surface area contributed by atoms with Gasteiger partial charge in [0.15, 0.2) is 18.8 Å². The number of rotatable bonds is 4. The Balaban J connectivity index is 1.19. The highest BCUT2D eigenvalue weighted by Crippen LogP contribution is 2.52. The number of hydrogen-bond acceptors (Lipinski definition) is 4. The third-order valence-corrected chi connectivity index (χ3v) is 11.9. The van der Waals surface area contributed by atoms with Crippen LogP contribution < -0.4 is 25.9 Å². The van der Waals surface area contributed by atoms with E-state index in [1.165, 1.54) is 75.4 Å². The molecule has 5 heteroatoms. The molecule has 0 unspecified atom stereocenters. The van der Waals surface area contributed by atoms with Gasteiger partial charge in [-0.15, -0.1) is 11.3 Å². The van der Waals surface area contributed by atoms with Crippen LogP contribution in [0.4, 0.5) is 28.4 Å². The molecule has 52 heavy (non-hydrogen) atoms. The number of ether oxygens (including phenoxy) is 1. The van der Waals surface area contributed by atoms with Crippen molar-refractivity contribution in [1.82, 2.24) is 0 Å². The number of benzene rings is 8. The Morgan fingerprint density at radius 3 is 2.31 bits per heavy atom. The molecule has 0 fully saturated rings. The molecule has 0 saturated carbocycles. The molecule has 2 aliphatic heterocycles. The molecule has 0 bridgehead atoms. The second kappa shape index (κ2) is 11.4. The molecule has 1 N–H and O–H groups in total. The third-order valence-electron chi connectivity index (χ3n) is 10.8. The van der Waals surface area contributed by atoms with Crippen LogP contribution in [0.3, 0.4) is 0 Å². The largest absolute Gasteiger partial charge is 0.453 e. The smallest absolute Gasteiger partial charge is 0.198 e. The van der Waals surface area contributed by atoms with Gasteiger partial charge in [0.1, 0.15) is 0 Å². The molecule has 8 aromatic carbocycles. The topological polar surface area (TPSA) is 24.5 Å². The Labute approximate surface area is 306 Å². The van der Waals surface area contributed by atoms with E-state index in [4.69, 9.17) is 4.74 Å². The summed E-state index contributed by atoms with van der Waals surface area (Å²) in [6.45, 7) is 2.21. The van der Waals surface area contributed by atoms with Crippen LogP contribution in [0.25, 0.3) is 53.2 Å². The van der Waals surface area contributed by atoms with Crippen LogP contribution in [0.2, 0.25) is 0 Å². The lowest BCUT2D eigenvalue weighted by Crippen LogP contribution is -2.42. The summed E-state index contributed by atoms with van der Waals surface area (Å²) in [6, 6.07) is 57.3. The number of nitrogens with one attached hydrogen (secondary N) is 1. The molecule has 3 heterocycles. The van der Waals surface area contributed by atoms with Gasteiger partial charge in [-0.05, 0) is 94.6 Å². The summed E-state index contributed by atoms with van der Waals surface area (Å²) in [5.41, 5.74) is 14.2. The van der Waals surface area contributed by atoms with Gasteiger partial charge in [-0.3, -0.25) is 0 Å². The van der Waals surface area contributed by atoms with E-state index in [0.717, 1.165) is 41.5 Å². The number of anilines is 5. The fourth-order valence-corrected chi connectivity index (χ4v) is 9.45. The molecule has 0 aliphatic carbocycles. The highest BCUT2D eigenvalue weighted by Gasteiger charge is 2.35. The number of nitrogens with zero attached hydrogens (tertiary/aromatic N) is 1. The Hall–Kier alpha value is -6.30. The molecular weight excluding hydrogens is 651 g/mol. The van der Waals surface area contributed by atoms with Crippen LogP contribution >= 0.6 is 11.3 Å². The normalized spacial score (nSPS) is 12.6. The molecular formula is C47H31BN2OS. The average molecular weight is 683 g/mol. The SMILES string of the molecule is Cc1ccccc1-c1cc(-c2ccc3ccccc3c2Nc2ccc3sc4ccccc4c3c2)c2c(c1)N1c3ccccc3Oc3cccc(c31)B2. The van der Waals surface area contributed by atoms with Gasteiger partial charge < -0.3 is 15.0 Å². The molecule has 3 nitrogen and oxygen atoms in total. The highest BCUT2D eigenvalue weighted by atomic mass is 32.1. The van der Waals surface area contributed by atoms with Gasteiger partial charge in [0, 0.05) is 42.5 Å². The Bertz CT molecular complexity index is 2930. The Kier molecular flexibility index (Phi) is 6.43. The molecule has 0 atom stereocenters. The quantitative estimate of drug-likeness (QED) is 0.187. The van der Waals surface area contributed by atoms with E-state index in [9.17, 15) is 0 Å². The van der Waals surface area contributed by atoms with Crippen molar-refractivity contribution in [3.8, 4) is 33.8 Å². The van der Waals surface area contributed by atoms with Crippen molar-refractivity contribution in [2.45, 2.75) is 6.92 Å². The molecule has 0 spiro atoms. The van der Waals surface area contributed by atoms with Crippen molar-refractivity contribution in [1.29, 1.82) is 0 Å². The van der Waals surface area contributed by atoms with Gasteiger partial charge in [0.25, 0.3) is 0 Å². The number of thiophene rings is 1. The standard InChI is InChI=1S/C47H31BN2OS/c1-28-11-2-4-13-32(28)30-25-37(45-40(26-30)50-39-17-7-8-18-41(39)51-42-19-10-16-38(48-45)47(42)50)35-23-21-29-12-3-5-14-33(29)46(35)49-31-22-24-44-36(27-31)34-15-6-9-20-43(34)52-44/h2-27,48-49H,1H3. The summed E-state index contributed by atoms with van der Waals surface area (Å²) in [5, 5.41) is 8.97. The molecule has 0 saturated heterocycles. The molecule has 0 amide bonds. The van der Waals surface area contributed by atoms with Crippen molar-refractivity contribution in [3.63, 3.8) is 0 Å². The maximum Gasteiger partial charge on any atom is 0.198 e. The van der Waals surface area contributed by atoms with Crippen molar-refractivity contribution < 1.29 is 4.74 Å². The van der Waals surface area contributed by atoms with Crippen LogP contribution in [0.1, 0.15) is 5.56 Å². The lowest BCUT2D eigenvalue weighted by molar-refractivity contribution is 0.477. The van der Waals surface area contributed by atoms with E-state index in [1.54, 1.807) is 0 Å². The minimum absolute atomic E-state index is 0.795. The van der Waals surface area contributed by atoms with Gasteiger partial charge >= 0.3 is 0 Å². The average Bonchev–Trinajstić information content (AvgIpc) is 3.56. The lowest BCUT2D eigenvalue weighted by atomic mass is 9.57. The summed E-state index contributed by atoms with van der Waals surface area (Å²) in [5.74, 6) is 1.77. The number of para-hydroxylation sites is 3. The van der Waals surface area contributed by atoms with Gasteiger partial charge in [-0.2, -0.15) is 0 Å². The van der Waals surface area contributed by atoms with E-state index < -0.39 is 0 Å². The van der Waals surface area contributed by atoms with E-state index in [1.807, 2.05) is 11.3 Å². The first-order valence-electron chi connectivity index (χ1n) is 17.8. The minimum Gasteiger partial charge on any atom is -0.453 e. The fraction of sp³-hybridized carbons (Fsp3) is 0.0213. The number of aryl methyl sites for hydroxylation is 1. The van der Waals surface area contributed by atoms with Crippen LogP contribution in [0, 0.1) is 6.92 Å². The molecule has 9 aromatic rings. The minimum atomic E-state index is 0.795. The van der Waals surface area contributed by atoms with Crippen molar-refractivity contribution >= 4 is 88.9 Å². The second-order valence-corrected chi connectivity index (χ2v) is 14.9. The van der Waals surface area contributed by atoms with E-state index in [2.05, 4.69) is 175 Å². The summed E-state index contributed by atoms with van der Waals surface area (Å²) in [4.78, 5) is 2.44. The molecule has 2 aliphatic rings. The van der Waals surface area contributed by atoms with Crippen LogP contribution in [0.5, 0.6) is 11.5 Å². The maximum absolute atomic E-state index is 6.52. The molecule has 244 valence electrons. The Morgan fingerprint density at radius 2 is 1.37 bits per heavy atom. The number of hydrogen-bond donors (Lipinski definition) is 1. The molecule has 0 radical (unpaired) electrons. The van der Waals surface area contributed by atoms with Crippen LogP contribution in [-0.4, -0.2) is 7.28 Å².